The summed E-state index contributed by atoms with van der Waals surface area (Å²) in [5, 5.41) is 3.65. The van der Waals surface area contributed by atoms with Crippen molar-refractivity contribution in [1.29, 1.82) is 0 Å². The summed E-state index contributed by atoms with van der Waals surface area (Å²) in [5.74, 6) is -1.37. The topological polar surface area (TPSA) is 84.0 Å². The molecule has 2 aromatic rings. The van der Waals surface area contributed by atoms with Crippen molar-refractivity contribution in [3.05, 3.63) is 39.9 Å². The van der Waals surface area contributed by atoms with Gasteiger partial charge in [0.05, 0.1) is 12.5 Å². The van der Waals surface area contributed by atoms with E-state index in [-0.39, 0.29) is 23.3 Å². The summed E-state index contributed by atoms with van der Waals surface area (Å²) in [5.41, 5.74) is 0. The van der Waals surface area contributed by atoms with Crippen molar-refractivity contribution in [3.8, 4) is 0 Å². The van der Waals surface area contributed by atoms with Crippen LogP contribution >= 0.6 is 22.7 Å². The minimum atomic E-state index is -3.59. The Balaban J connectivity index is 1.52. The van der Waals surface area contributed by atoms with Crippen LogP contribution in [0.25, 0.3) is 0 Å². The van der Waals surface area contributed by atoms with Crippen LogP contribution in [0.2, 0.25) is 0 Å². The van der Waals surface area contributed by atoms with E-state index < -0.39 is 21.9 Å². The van der Waals surface area contributed by atoms with Crippen LogP contribution in [0.4, 0.5) is 0 Å². The maximum absolute atomic E-state index is 12.6. The first-order valence-electron chi connectivity index (χ1n) is 8.84. The van der Waals surface area contributed by atoms with E-state index in [1.54, 1.807) is 35.9 Å². The van der Waals surface area contributed by atoms with Crippen molar-refractivity contribution in [2.75, 3.05) is 26.7 Å². The second-order valence-electron chi connectivity index (χ2n) is 6.57. The molecule has 3 rings (SSSR count). The second kappa shape index (κ2) is 9.17. The predicted molar refractivity (Wildman–Crippen MR) is 108 cm³/mol. The van der Waals surface area contributed by atoms with E-state index in [1.807, 2.05) is 17.5 Å². The zero-order valence-corrected chi connectivity index (χ0v) is 17.9. The SMILES string of the molecule is CN(Cc1cccs1)C(=O)COC(=O)C1CCCN(S(=O)(=O)c2cccs2)C1. The highest BCUT2D eigenvalue weighted by molar-refractivity contribution is 7.91. The molecule has 0 spiro atoms. The van der Waals surface area contributed by atoms with E-state index in [4.69, 9.17) is 4.74 Å². The monoisotopic (exact) mass is 442 g/mol. The highest BCUT2D eigenvalue weighted by Gasteiger charge is 2.34. The van der Waals surface area contributed by atoms with E-state index >= 15 is 0 Å². The van der Waals surface area contributed by atoms with E-state index in [1.165, 1.54) is 9.21 Å². The van der Waals surface area contributed by atoms with Crippen LogP contribution in [0.1, 0.15) is 17.7 Å². The zero-order chi connectivity index (χ0) is 20.1. The Bertz CT molecular complexity index is 894. The van der Waals surface area contributed by atoms with Crippen molar-refractivity contribution in [3.63, 3.8) is 0 Å². The van der Waals surface area contributed by atoms with Gasteiger partial charge in [-0.25, -0.2) is 8.42 Å². The molecule has 0 aromatic carbocycles. The molecule has 1 aliphatic rings. The van der Waals surface area contributed by atoms with Crippen molar-refractivity contribution < 1.29 is 22.7 Å². The lowest BCUT2D eigenvalue weighted by Crippen LogP contribution is -2.43. The van der Waals surface area contributed by atoms with Gasteiger partial charge in [-0.1, -0.05) is 12.1 Å². The largest absolute Gasteiger partial charge is 0.455 e. The molecule has 1 unspecified atom stereocenters. The molecule has 10 heteroatoms. The average Bonchev–Trinajstić information content (AvgIpc) is 3.40. The van der Waals surface area contributed by atoms with E-state index in [2.05, 4.69) is 0 Å². The molecule has 1 saturated heterocycles. The van der Waals surface area contributed by atoms with E-state index in [0.29, 0.717) is 25.9 Å². The number of sulfonamides is 1. The van der Waals surface area contributed by atoms with Gasteiger partial charge in [0.25, 0.3) is 15.9 Å². The van der Waals surface area contributed by atoms with Gasteiger partial charge in [0.15, 0.2) is 6.61 Å². The van der Waals surface area contributed by atoms with Crippen LogP contribution in [0, 0.1) is 5.92 Å². The Kier molecular flexibility index (Phi) is 6.86. The number of esters is 1. The van der Waals surface area contributed by atoms with Gasteiger partial charge in [-0.2, -0.15) is 4.31 Å². The van der Waals surface area contributed by atoms with Gasteiger partial charge in [-0.3, -0.25) is 9.59 Å². The van der Waals surface area contributed by atoms with Crippen molar-refractivity contribution >= 4 is 44.6 Å². The van der Waals surface area contributed by atoms with Crippen LogP contribution in [0.3, 0.4) is 0 Å². The fourth-order valence-corrected chi connectivity index (χ4v) is 6.40. The number of likely N-dealkylation sites (N-methyl/N-ethyl adjacent to an activating group) is 1. The minimum Gasteiger partial charge on any atom is -0.455 e. The molecule has 152 valence electrons. The number of carbonyl (C=O) groups is 2. The highest BCUT2D eigenvalue weighted by Crippen LogP contribution is 2.26. The Morgan fingerprint density at radius 2 is 2.00 bits per heavy atom. The number of hydrogen-bond donors (Lipinski definition) is 0. The molecule has 0 saturated carbocycles. The van der Waals surface area contributed by atoms with Crippen molar-refractivity contribution in [1.82, 2.24) is 9.21 Å². The number of ether oxygens (including phenoxy) is 1. The number of nitrogens with zero attached hydrogens (tertiary/aromatic N) is 2. The molecule has 2 aromatic heterocycles. The van der Waals surface area contributed by atoms with Crippen LogP contribution in [-0.2, 0) is 30.9 Å². The molecule has 0 bridgehead atoms. The molecule has 1 amide bonds. The van der Waals surface area contributed by atoms with Crippen LogP contribution in [-0.4, -0.2) is 56.2 Å². The van der Waals surface area contributed by atoms with Crippen LogP contribution in [0.5, 0.6) is 0 Å². The summed E-state index contributed by atoms with van der Waals surface area (Å²) in [4.78, 5) is 27.1. The summed E-state index contributed by atoms with van der Waals surface area (Å²) >= 11 is 2.71. The number of amides is 1. The lowest BCUT2D eigenvalue weighted by Gasteiger charge is -2.30. The third-order valence-electron chi connectivity index (χ3n) is 4.54. The number of carbonyl (C=O) groups excluding carboxylic acids is 2. The molecule has 0 N–H and O–H groups in total. The van der Waals surface area contributed by atoms with Gasteiger partial charge in [0.1, 0.15) is 4.21 Å². The zero-order valence-electron chi connectivity index (χ0n) is 15.4. The summed E-state index contributed by atoms with van der Waals surface area (Å²) in [7, 11) is -1.93. The molecule has 1 atom stereocenters. The van der Waals surface area contributed by atoms with Gasteiger partial charge in [0, 0.05) is 25.0 Å². The summed E-state index contributed by atoms with van der Waals surface area (Å²) in [6.07, 6.45) is 1.13. The standard InChI is InChI=1S/C18H22N2O5S3/c1-19(12-15-6-3-9-26-15)16(21)13-25-18(22)14-5-2-8-20(11-14)28(23,24)17-7-4-10-27-17/h3-4,6-7,9-10,14H,2,5,8,11-13H2,1H3. The fourth-order valence-electron chi connectivity index (χ4n) is 2.98. The third kappa shape index (κ3) is 4.99. The van der Waals surface area contributed by atoms with Gasteiger partial charge in [-0.15, -0.1) is 22.7 Å². The molecule has 0 aliphatic carbocycles. The van der Waals surface area contributed by atoms with Crippen molar-refractivity contribution in [2.45, 2.75) is 23.6 Å². The molecule has 1 aliphatic heterocycles. The molecule has 7 nitrogen and oxygen atoms in total. The quantitative estimate of drug-likeness (QED) is 0.615. The Labute approximate surface area is 172 Å². The molecule has 3 heterocycles. The minimum absolute atomic E-state index is 0.0816. The Morgan fingerprint density at radius 1 is 1.25 bits per heavy atom. The molecule has 1 fully saturated rings. The Hall–Kier alpha value is -1.75. The first-order valence-corrected chi connectivity index (χ1v) is 12.0. The van der Waals surface area contributed by atoms with Gasteiger partial charge < -0.3 is 9.64 Å². The van der Waals surface area contributed by atoms with Gasteiger partial charge in [-0.05, 0) is 35.7 Å². The average molecular weight is 443 g/mol. The Morgan fingerprint density at radius 3 is 2.68 bits per heavy atom. The van der Waals surface area contributed by atoms with Crippen molar-refractivity contribution in [2.24, 2.45) is 5.92 Å². The number of hydrogen-bond acceptors (Lipinski definition) is 7. The van der Waals surface area contributed by atoms with E-state index in [9.17, 15) is 18.0 Å². The van der Waals surface area contributed by atoms with Gasteiger partial charge >= 0.3 is 5.97 Å². The summed E-state index contributed by atoms with van der Waals surface area (Å²) < 4.78 is 32.1. The number of rotatable bonds is 7. The predicted octanol–water partition coefficient (Wildman–Crippen LogP) is 2.41. The molecular weight excluding hydrogens is 420 g/mol. The van der Waals surface area contributed by atoms with Crippen LogP contribution < -0.4 is 0 Å². The molecular formula is C18H22N2O5S3. The lowest BCUT2D eigenvalue weighted by atomic mass is 10.00. The maximum Gasteiger partial charge on any atom is 0.310 e. The maximum atomic E-state index is 12.6. The molecule has 28 heavy (non-hydrogen) atoms. The smallest absolute Gasteiger partial charge is 0.310 e. The first-order chi connectivity index (χ1) is 13.4. The first kappa shape index (κ1) is 21.0. The summed E-state index contributed by atoms with van der Waals surface area (Å²) in [6, 6.07) is 7.10. The number of piperidine rings is 1. The summed E-state index contributed by atoms with van der Waals surface area (Å²) in [6.45, 7) is 0.587. The number of thiophene rings is 2. The molecule has 0 radical (unpaired) electrons. The van der Waals surface area contributed by atoms with E-state index in [0.717, 1.165) is 16.2 Å². The normalized spacial score (nSPS) is 18.0. The highest BCUT2D eigenvalue weighted by atomic mass is 32.2. The third-order valence-corrected chi connectivity index (χ3v) is 8.64. The van der Waals surface area contributed by atoms with Gasteiger partial charge in [0.2, 0.25) is 0 Å². The fraction of sp³-hybridized carbons (Fsp3) is 0.444. The lowest BCUT2D eigenvalue weighted by molar-refractivity contribution is -0.156. The second-order valence-corrected chi connectivity index (χ2v) is 10.7. The van der Waals surface area contributed by atoms with Crippen LogP contribution in [0.15, 0.2) is 39.2 Å².